The molecule has 0 spiro atoms. The molecular formula is C16H25N3O3. The third kappa shape index (κ3) is 4.23. The monoisotopic (exact) mass is 307 g/mol. The molecule has 0 bridgehead atoms. The van der Waals surface area contributed by atoms with Crippen LogP contribution in [-0.2, 0) is 22.4 Å². The van der Waals surface area contributed by atoms with Crippen LogP contribution in [0.1, 0.15) is 29.9 Å². The normalized spacial score (nSPS) is 23.5. The average molecular weight is 307 g/mol. The molecule has 1 N–H and O–H groups in total. The first-order chi connectivity index (χ1) is 10.7. The van der Waals surface area contributed by atoms with E-state index < -0.39 is 6.10 Å². The van der Waals surface area contributed by atoms with Crippen molar-refractivity contribution in [1.29, 1.82) is 0 Å². The molecule has 22 heavy (non-hydrogen) atoms. The molecule has 0 amide bonds. The third-order valence-electron chi connectivity index (χ3n) is 4.25. The van der Waals surface area contributed by atoms with Crippen molar-refractivity contribution >= 4 is 0 Å². The number of aliphatic hydroxyl groups is 1. The van der Waals surface area contributed by atoms with E-state index in [1.165, 1.54) is 5.56 Å². The van der Waals surface area contributed by atoms with Gasteiger partial charge in [0.25, 0.3) is 0 Å². The number of fused-ring (bicyclic) bond motifs is 1. The van der Waals surface area contributed by atoms with E-state index in [9.17, 15) is 5.11 Å². The Hall–Kier alpha value is -1.08. The summed E-state index contributed by atoms with van der Waals surface area (Å²) in [6.07, 6.45) is 4.80. The number of aromatic nitrogens is 2. The molecule has 122 valence electrons. The lowest BCUT2D eigenvalue weighted by Crippen LogP contribution is -2.39. The molecule has 3 rings (SSSR count). The van der Waals surface area contributed by atoms with E-state index in [4.69, 9.17) is 9.47 Å². The quantitative estimate of drug-likeness (QED) is 0.834. The average Bonchev–Trinajstić information content (AvgIpc) is 3.00. The highest BCUT2D eigenvalue weighted by Gasteiger charge is 2.21. The lowest BCUT2D eigenvalue weighted by atomic mass is 10.1. The van der Waals surface area contributed by atoms with Crippen molar-refractivity contribution in [2.75, 3.05) is 32.9 Å². The Morgan fingerprint density at radius 2 is 2.45 bits per heavy atom. The number of hydrogen-bond acceptors (Lipinski definition) is 6. The number of β-amino-alcohol motifs (C(OH)–C–C–N with tert-alkyl or cyclic N) is 1. The minimum atomic E-state index is -0.467. The molecule has 1 aromatic heterocycles. The molecule has 3 heterocycles. The van der Waals surface area contributed by atoms with Gasteiger partial charge in [-0.2, -0.15) is 0 Å². The number of ether oxygens (including phenoxy) is 2. The summed E-state index contributed by atoms with van der Waals surface area (Å²) >= 11 is 0. The summed E-state index contributed by atoms with van der Waals surface area (Å²) in [6, 6.07) is 0. The van der Waals surface area contributed by atoms with E-state index in [0.717, 1.165) is 50.5 Å². The van der Waals surface area contributed by atoms with Crippen molar-refractivity contribution in [2.24, 2.45) is 0 Å². The van der Waals surface area contributed by atoms with Crippen LogP contribution in [0.2, 0.25) is 0 Å². The van der Waals surface area contributed by atoms with Crippen LogP contribution in [0.25, 0.3) is 0 Å². The molecule has 1 fully saturated rings. The zero-order valence-corrected chi connectivity index (χ0v) is 13.2. The summed E-state index contributed by atoms with van der Waals surface area (Å²) < 4.78 is 11.1. The Bertz CT molecular complexity index is 492. The van der Waals surface area contributed by atoms with Gasteiger partial charge in [-0.25, -0.2) is 9.97 Å². The lowest BCUT2D eigenvalue weighted by molar-refractivity contribution is -0.0262. The highest BCUT2D eigenvalue weighted by Crippen LogP contribution is 2.16. The minimum absolute atomic E-state index is 0.216. The second-order valence-corrected chi connectivity index (χ2v) is 6.20. The highest BCUT2D eigenvalue weighted by molar-refractivity contribution is 5.20. The Morgan fingerprint density at radius 1 is 1.55 bits per heavy atom. The van der Waals surface area contributed by atoms with Gasteiger partial charge in [-0.15, -0.1) is 0 Å². The Morgan fingerprint density at radius 3 is 3.27 bits per heavy atom. The Balaban J connectivity index is 1.41. The fraction of sp³-hybridized carbons (Fsp3) is 0.750. The summed E-state index contributed by atoms with van der Waals surface area (Å²) in [7, 11) is 0. The molecule has 1 aromatic rings. The molecule has 0 saturated carbocycles. The molecule has 0 aliphatic carbocycles. The maximum atomic E-state index is 10.1. The van der Waals surface area contributed by atoms with Crippen molar-refractivity contribution in [3.05, 3.63) is 23.3 Å². The molecule has 2 aliphatic heterocycles. The van der Waals surface area contributed by atoms with Gasteiger partial charge in [0.05, 0.1) is 31.1 Å². The number of hydrogen-bond donors (Lipinski definition) is 1. The molecule has 0 radical (unpaired) electrons. The molecular weight excluding hydrogens is 282 g/mol. The van der Waals surface area contributed by atoms with Gasteiger partial charge in [-0.3, -0.25) is 4.90 Å². The fourth-order valence-electron chi connectivity index (χ4n) is 3.07. The van der Waals surface area contributed by atoms with Gasteiger partial charge in [0, 0.05) is 32.4 Å². The second kappa shape index (κ2) is 7.46. The number of aliphatic hydroxyl groups excluding tert-OH is 1. The topological polar surface area (TPSA) is 67.7 Å². The SMILES string of the molecule is Cc1ncc2c(n1)CN(C[C@H](O)COC[C@@H]1CCCO1)CC2. The first-order valence-corrected chi connectivity index (χ1v) is 8.12. The van der Waals surface area contributed by atoms with Crippen molar-refractivity contribution in [3.8, 4) is 0 Å². The fourth-order valence-corrected chi connectivity index (χ4v) is 3.07. The number of nitrogens with zero attached hydrogens (tertiary/aromatic N) is 3. The van der Waals surface area contributed by atoms with E-state index in [2.05, 4.69) is 14.9 Å². The highest BCUT2D eigenvalue weighted by atomic mass is 16.5. The first kappa shape index (κ1) is 15.8. The van der Waals surface area contributed by atoms with Crippen LogP contribution < -0.4 is 0 Å². The Labute approximate surface area is 131 Å². The van der Waals surface area contributed by atoms with E-state index in [0.29, 0.717) is 19.8 Å². The van der Waals surface area contributed by atoms with Gasteiger partial charge in [0.1, 0.15) is 5.82 Å². The van der Waals surface area contributed by atoms with Gasteiger partial charge in [0.2, 0.25) is 0 Å². The van der Waals surface area contributed by atoms with Gasteiger partial charge in [0.15, 0.2) is 0 Å². The van der Waals surface area contributed by atoms with E-state index >= 15 is 0 Å². The summed E-state index contributed by atoms with van der Waals surface area (Å²) in [4.78, 5) is 11.0. The third-order valence-corrected chi connectivity index (χ3v) is 4.25. The molecule has 0 aromatic carbocycles. The van der Waals surface area contributed by atoms with Crippen LogP contribution in [0.5, 0.6) is 0 Å². The molecule has 0 unspecified atom stereocenters. The van der Waals surface area contributed by atoms with Crippen molar-refractivity contribution in [3.63, 3.8) is 0 Å². The van der Waals surface area contributed by atoms with Crippen molar-refractivity contribution < 1.29 is 14.6 Å². The Kier molecular flexibility index (Phi) is 5.36. The number of aryl methyl sites for hydroxylation is 1. The van der Waals surface area contributed by atoms with Crippen LogP contribution >= 0.6 is 0 Å². The van der Waals surface area contributed by atoms with Crippen LogP contribution in [0.4, 0.5) is 0 Å². The van der Waals surface area contributed by atoms with E-state index in [-0.39, 0.29) is 6.10 Å². The molecule has 6 heteroatoms. The molecule has 2 aliphatic rings. The van der Waals surface area contributed by atoms with Gasteiger partial charge < -0.3 is 14.6 Å². The van der Waals surface area contributed by atoms with Gasteiger partial charge >= 0.3 is 0 Å². The summed E-state index contributed by atoms with van der Waals surface area (Å²) in [5, 5.41) is 10.1. The maximum absolute atomic E-state index is 10.1. The summed E-state index contributed by atoms with van der Waals surface area (Å²) in [5.41, 5.74) is 2.32. The summed E-state index contributed by atoms with van der Waals surface area (Å²) in [5.74, 6) is 0.807. The van der Waals surface area contributed by atoms with Gasteiger partial charge in [-0.1, -0.05) is 0 Å². The minimum Gasteiger partial charge on any atom is -0.389 e. The predicted octanol–water partition coefficient (Wildman–Crippen LogP) is 0.700. The van der Waals surface area contributed by atoms with Crippen LogP contribution in [0, 0.1) is 6.92 Å². The predicted molar refractivity (Wildman–Crippen MR) is 81.5 cm³/mol. The van der Waals surface area contributed by atoms with Crippen LogP contribution in [0.3, 0.4) is 0 Å². The maximum Gasteiger partial charge on any atom is 0.125 e. The summed E-state index contributed by atoms with van der Waals surface area (Å²) in [6.45, 7) is 6.04. The van der Waals surface area contributed by atoms with Crippen LogP contribution in [-0.4, -0.2) is 65.1 Å². The first-order valence-electron chi connectivity index (χ1n) is 8.12. The molecule has 6 nitrogen and oxygen atoms in total. The molecule has 1 saturated heterocycles. The zero-order chi connectivity index (χ0) is 15.4. The van der Waals surface area contributed by atoms with E-state index in [1.54, 1.807) is 0 Å². The number of rotatable bonds is 6. The van der Waals surface area contributed by atoms with Crippen molar-refractivity contribution in [2.45, 2.75) is 44.9 Å². The van der Waals surface area contributed by atoms with Crippen LogP contribution in [0.15, 0.2) is 6.20 Å². The lowest BCUT2D eigenvalue weighted by Gasteiger charge is -2.29. The molecule has 2 atom stereocenters. The standard InChI is InChI=1S/C16H25N3O3/c1-12-17-7-13-4-5-19(9-16(13)18-12)8-14(20)10-21-11-15-3-2-6-22-15/h7,14-15,20H,2-6,8-11H2,1H3/t14-,15-/m0/s1. The van der Waals surface area contributed by atoms with E-state index in [1.807, 2.05) is 13.1 Å². The zero-order valence-electron chi connectivity index (χ0n) is 13.2. The largest absolute Gasteiger partial charge is 0.389 e. The smallest absolute Gasteiger partial charge is 0.125 e. The van der Waals surface area contributed by atoms with Gasteiger partial charge in [-0.05, 0) is 31.7 Å². The van der Waals surface area contributed by atoms with Crippen molar-refractivity contribution in [1.82, 2.24) is 14.9 Å². The second-order valence-electron chi connectivity index (χ2n) is 6.20.